The minimum atomic E-state index is 0.494. The highest BCUT2D eigenvalue weighted by Gasteiger charge is 2.14. The van der Waals surface area contributed by atoms with Gasteiger partial charge in [0.2, 0.25) is 0 Å². The first-order valence-electron chi connectivity index (χ1n) is 6.07. The van der Waals surface area contributed by atoms with Crippen molar-refractivity contribution in [2.75, 3.05) is 31.7 Å². The standard InChI is InChI=1S/C14H20ClNO2/c1-11(2)9-16(7-8-18-3)14-6-4-5-13(15)12(14)10-17/h4-6,10-11H,7-9H2,1-3H3. The molecule has 3 nitrogen and oxygen atoms in total. The van der Waals surface area contributed by atoms with Crippen molar-refractivity contribution in [2.24, 2.45) is 5.92 Å². The van der Waals surface area contributed by atoms with E-state index in [0.29, 0.717) is 23.1 Å². The van der Waals surface area contributed by atoms with Crippen molar-refractivity contribution in [1.29, 1.82) is 0 Å². The maximum atomic E-state index is 11.2. The first-order chi connectivity index (χ1) is 8.60. The van der Waals surface area contributed by atoms with E-state index in [9.17, 15) is 4.79 Å². The SMILES string of the molecule is COCCN(CC(C)C)c1cccc(Cl)c1C=O. The molecule has 0 atom stereocenters. The molecule has 100 valence electrons. The number of hydrogen-bond acceptors (Lipinski definition) is 3. The molecule has 0 amide bonds. The number of ether oxygens (including phenoxy) is 1. The van der Waals surface area contributed by atoms with E-state index in [1.54, 1.807) is 13.2 Å². The van der Waals surface area contributed by atoms with Crippen LogP contribution in [0.1, 0.15) is 24.2 Å². The van der Waals surface area contributed by atoms with E-state index in [4.69, 9.17) is 16.3 Å². The van der Waals surface area contributed by atoms with Gasteiger partial charge in [-0.05, 0) is 18.1 Å². The molecule has 1 aromatic carbocycles. The average Bonchev–Trinajstić information content (AvgIpc) is 2.33. The molecule has 0 bridgehead atoms. The van der Waals surface area contributed by atoms with E-state index in [0.717, 1.165) is 25.1 Å². The molecular formula is C14H20ClNO2. The zero-order chi connectivity index (χ0) is 13.5. The molecule has 0 aliphatic rings. The van der Waals surface area contributed by atoms with Gasteiger partial charge in [-0.2, -0.15) is 0 Å². The molecule has 0 saturated heterocycles. The molecule has 0 aromatic heterocycles. The predicted octanol–water partition coefficient (Wildman–Crippen LogP) is 3.26. The molecule has 0 fully saturated rings. The summed E-state index contributed by atoms with van der Waals surface area (Å²) in [6.07, 6.45) is 0.817. The summed E-state index contributed by atoms with van der Waals surface area (Å²) in [6, 6.07) is 5.52. The lowest BCUT2D eigenvalue weighted by atomic mass is 10.1. The van der Waals surface area contributed by atoms with Gasteiger partial charge in [-0.25, -0.2) is 0 Å². The van der Waals surface area contributed by atoms with E-state index in [1.807, 2.05) is 12.1 Å². The van der Waals surface area contributed by atoms with Gasteiger partial charge in [0.1, 0.15) is 0 Å². The molecule has 0 unspecified atom stereocenters. The monoisotopic (exact) mass is 269 g/mol. The number of aldehydes is 1. The van der Waals surface area contributed by atoms with Crippen molar-refractivity contribution in [1.82, 2.24) is 0 Å². The number of hydrogen-bond donors (Lipinski definition) is 0. The third-order valence-electron chi connectivity index (χ3n) is 2.64. The van der Waals surface area contributed by atoms with Crippen molar-refractivity contribution in [3.05, 3.63) is 28.8 Å². The first kappa shape index (κ1) is 15.0. The summed E-state index contributed by atoms with van der Waals surface area (Å²) in [6.45, 7) is 6.52. The summed E-state index contributed by atoms with van der Waals surface area (Å²) in [5, 5.41) is 0.494. The Kier molecular flexibility index (Phi) is 6.16. The lowest BCUT2D eigenvalue weighted by Crippen LogP contribution is -2.31. The summed E-state index contributed by atoms with van der Waals surface area (Å²) in [5.41, 5.74) is 1.43. The van der Waals surface area contributed by atoms with Crippen molar-refractivity contribution >= 4 is 23.6 Å². The molecule has 0 radical (unpaired) electrons. The van der Waals surface area contributed by atoms with Gasteiger partial charge < -0.3 is 9.64 Å². The van der Waals surface area contributed by atoms with Crippen LogP contribution < -0.4 is 4.90 Å². The fourth-order valence-electron chi connectivity index (χ4n) is 1.87. The molecule has 0 aliphatic carbocycles. The zero-order valence-corrected chi connectivity index (χ0v) is 11.9. The molecule has 4 heteroatoms. The quantitative estimate of drug-likeness (QED) is 0.712. The molecule has 1 aromatic rings. The summed E-state index contributed by atoms with van der Waals surface area (Å²) >= 11 is 6.06. The number of rotatable bonds is 7. The van der Waals surface area contributed by atoms with Crippen LogP contribution in [0.3, 0.4) is 0 Å². The molecule has 1 rings (SSSR count). The van der Waals surface area contributed by atoms with Gasteiger partial charge in [-0.3, -0.25) is 4.79 Å². The fraction of sp³-hybridized carbons (Fsp3) is 0.500. The van der Waals surface area contributed by atoms with Crippen LogP contribution in [0.2, 0.25) is 5.02 Å². The maximum absolute atomic E-state index is 11.2. The van der Waals surface area contributed by atoms with Crippen molar-refractivity contribution in [2.45, 2.75) is 13.8 Å². The van der Waals surface area contributed by atoms with Crippen LogP contribution in [0.5, 0.6) is 0 Å². The molecule has 0 heterocycles. The Morgan fingerprint density at radius 1 is 1.44 bits per heavy atom. The Balaban J connectivity index is 3.03. The average molecular weight is 270 g/mol. The Hall–Kier alpha value is -1.06. The van der Waals surface area contributed by atoms with Crippen molar-refractivity contribution in [3.63, 3.8) is 0 Å². The number of benzene rings is 1. The largest absolute Gasteiger partial charge is 0.383 e. The van der Waals surface area contributed by atoms with Crippen LogP contribution in [0.4, 0.5) is 5.69 Å². The lowest BCUT2D eigenvalue weighted by Gasteiger charge is -2.27. The summed E-state index contributed by atoms with van der Waals surface area (Å²) < 4.78 is 5.12. The Morgan fingerprint density at radius 2 is 2.17 bits per heavy atom. The first-order valence-corrected chi connectivity index (χ1v) is 6.45. The number of carbonyl (C=O) groups is 1. The number of anilines is 1. The van der Waals surface area contributed by atoms with Gasteiger partial charge in [-0.15, -0.1) is 0 Å². The second-order valence-electron chi connectivity index (χ2n) is 4.62. The number of carbonyl (C=O) groups excluding carboxylic acids is 1. The topological polar surface area (TPSA) is 29.5 Å². The molecule has 0 aliphatic heterocycles. The second kappa shape index (κ2) is 7.39. The highest BCUT2D eigenvalue weighted by molar-refractivity contribution is 6.33. The van der Waals surface area contributed by atoms with Gasteiger partial charge >= 0.3 is 0 Å². The molecule has 0 N–H and O–H groups in total. The van der Waals surface area contributed by atoms with Crippen LogP contribution in [-0.4, -0.2) is 33.1 Å². The molecular weight excluding hydrogens is 250 g/mol. The summed E-state index contributed by atoms with van der Waals surface area (Å²) in [7, 11) is 1.67. The minimum absolute atomic E-state index is 0.494. The van der Waals surface area contributed by atoms with E-state index < -0.39 is 0 Å². The fourth-order valence-corrected chi connectivity index (χ4v) is 2.08. The highest BCUT2D eigenvalue weighted by Crippen LogP contribution is 2.26. The van der Waals surface area contributed by atoms with Crippen LogP contribution >= 0.6 is 11.6 Å². The third-order valence-corrected chi connectivity index (χ3v) is 2.97. The van der Waals surface area contributed by atoms with E-state index >= 15 is 0 Å². The van der Waals surface area contributed by atoms with Gasteiger partial charge in [0.25, 0.3) is 0 Å². The smallest absolute Gasteiger partial charge is 0.153 e. The van der Waals surface area contributed by atoms with Gasteiger partial charge in [0, 0.05) is 25.9 Å². The van der Waals surface area contributed by atoms with E-state index in [-0.39, 0.29) is 0 Å². The normalized spacial score (nSPS) is 10.7. The summed E-state index contributed by atoms with van der Waals surface area (Å²) in [4.78, 5) is 13.3. The van der Waals surface area contributed by atoms with Gasteiger partial charge in [0.15, 0.2) is 6.29 Å². The van der Waals surface area contributed by atoms with Crippen molar-refractivity contribution in [3.8, 4) is 0 Å². The highest BCUT2D eigenvalue weighted by atomic mass is 35.5. The zero-order valence-electron chi connectivity index (χ0n) is 11.1. The van der Waals surface area contributed by atoms with E-state index in [2.05, 4.69) is 18.7 Å². The Bertz CT molecular complexity index is 393. The van der Waals surface area contributed by atoms with Crippen LogP contribution in [0.25, 0.3) is 0 Å². The van der Waals surface area contributed by atoms with Crippen LogP contribution in [-0.2, 0) is 4.74 Å². The summed E-state index contributed by atoms with van der Waals surface area (Å²) in [5.74, 6) is 0.500. The molecule has 0 spiro atoms. The maximum Gasteiger partial charge on any atom is 0.153 e. The number of halogens is 1. The number of methoxy groups -OCH3 is 1. The predicted molar refractivity (Wildman–Crippen MR) is 75.8 cm³/mol. The Morgan fingerprint density at radius 3 is 2.72 bits per heavy atom. The molecule has 18 heavy (non-hydrogen) atoms. The van der Waals surface area contributed by atoms with Gasteiger partial charge in [-0.1, -0.05) is 31.5 Å². The Labute approximate surface area is 114 Å². The molecule has 0 saturated carbocycles. The third kappa shape index (κ3) is 4.00. The van der Waals surface area contributed by atoms with E-state index in [1.165, 1.54) is 0 Å². The number of nitrogens with zero attached hydrogens (tertiary/aromatic N) is 1. The van der Waals surface area contributed by atoms with Gasteiger partial charge in [0.05, 0.1) is 17.2 Å². The van der Waals surface area contributed by atoms with Crippen LogP contribution in [0, 0.1) is 5.92 Å². The van der Waals surface area contributed by atoms with Crippen LogP contribution in [0.15, 0.2) is 18.2 Å². The second-order valence-corrected chi connectivity index (χ2v) is 5.03. The van der Waals surface area contributed by atoms with Crippen molar-refractivity contribution < 1.29 is 9.53 Å². The minimum Gasteiger partial charge on any atom is -0.383 e. The lowest BCUT2D eigenvalue weighted by molar-refractivity contribution is 0.112.